The summed E-state index contributed by atoms with van der Waals surface area (Å²) in [5.74, 6) is 0.105. The Hall–Kier alpha value is -0.870. The number of carbonyl (C=O) groups is 1. The van der Waals surface area contributed by atoms with E-state index >= 15 is 0 Å². The van der Waals surface area contributed by atoms with Crippen molar-refractivity contribution in [3.05, 3.63) is 21.9 Å². The van der Waals surface area contributed by atoms with Gasteiger partial charge in [0.1, 0.15) is 0 Å². The first-order valence-corrected chi connectivity index (χ1v) is 6.93. The largest absolute Gasteiger partial charge is 0.351 e. The van der Waals surface area contributed by atoms with E-state index in [1.165, 1.54) is 9.75 Å². The van der Waals surface area contributed by atoms with Crippen LogP contribution in [0.1, 0.15) is 35.9 Å². The number of hydrogen-bond donors (Lipinski definition) is 2. The molecule has 0 saturated heterocycles. The van der Waals surface area contributed by atoms with Gasteiger partial charge in [0.05, 0.1) is 12.0 Å². The van der Waals surface area contributed by atoms with Gasteiger partial charge in [-0.05, 0) is 38.8 Å². The SMILES string of the molecule is Cc1ccc(CNC(=O)C2(C)CCCC2N)s1. The summed E-state index contributed by atoms with van der Waals surface area (Å²) in [6, 6.07) is 4.15. The van der Waals surface area contributed by atoms with Crippen molar-refractivity contribution in [1.82, 2.24) is 5.32 Å². The summed E-state index contributed by atoms with van der Waals surface area (Å²) >= 11 is 1.73. The van der Waals surface area contributed by atoms with Crippen LogP contribution >= 0.6 is 11.3 Å². The maximum atomic E-state index is 12.2. The Morgan fingerprint density at radius 3 is 2.94 bits per heavy atom. The summed E-state index contributed by atoms with van der Waals surface area (Å²) in [5.41, 5.74) is 5.66. The van der Waals surface area contributed by atoms with Gasteiger partial charge in [-0.15, -0.1) is 11.3 Å². The second kappa shape index (κ2) is 4.78. The number of carbonyl (C=O) groups excluding carboxylic acids is 1. The quantitative estimate of drug-likeness (QED) is 0.866. The number of nitrogens with one attached hydrogen (secondary N) is 1. The molecule has 1 amide bonds. The Morgan fingerprint density at radius 1 is 1.65 bits per heavy atom. The average Bonchev–Trinajstić information content (AvgIpc) is 2.84. The highest BCUT2D eigenvalue weighted by Gasteiger charge is 2.42. The molecule has 1 aliphatic rings. The Labute approximate surface area is 106 Å². The lowest BCUT2D eigenvalue weighted by atomic mass is 9.84. The van der Waals surface area contributed by atoms with Gasteiger partial charge < -0.3 is 11.1 Å². The monoisotopic (exact) mass is 252 g/mol. The maximum absolute atomic E-state index is 12.2. The molecule has 1 saturated carbocycles. The van der Waals surface area contributed by atoms with Crippen molar-refractivity contribution >= 4 is 17.2 Å². The third-order valence-corrected chi connectivity index (χ3v) is 4.77. The number of aryl methyl sites for hydroxylation is 1. The van der Waals surface area contributed by atoms with Gasteiger partial charge in [0.25, 0.3) is 0 Å². The minimum absolute atomic E-state index is 0.00701. The Morgan fingerprint density at radius 2 is 2.41 bits per heavy atom. The van der Waals surface area contributed by atoms with Crippen LogP contribution < -0.4 is 11.1 Å². The van der Waals surface area contributed by atoms with Crippen LogP contribution in [0.5, 0.6) is 0 Å². The molecule has 3 nitrogen and oxygen atoms in total. The Balaban J connectivity index is 1.93. The van der Waals surface area contributed by atoms with E-state index < -0.39 is 0 Å². The number of rotatable bonds is 3. The van der Waals surface area contributed by atoms with Crippen molar-refractivity contribution in [2.75, 3.05) is 0 Å². The highest BCUT2D eigenvalue weighted by molar-refractivity contribution is 7.11. The van der Waals surface area contributed by atoms with Crippen LogP contribution in [0, 0.1) is 12.3 Å². The van der Waals surface area contributed by atoms with Crippen molar-refractivity contribution in [1.29, 1.82) is 0 Å². The van der Waals surface area contributed by atoms with E-state index in [1.807, 2.05) is 6.92 Å². The standard InChI is InChI=1S/C13H20N2OS/c1-9-5-6-10(17-9)8-15-12(16)13(2)7-3-4-11(13)14/h5-6,11H,3-4,7-8,14H2,1-2H3,(H,15,16). The molecule has 0 aliphatic heterocycles. The summed E-state index contributed by atoms with van der Waals surface area (Å²) in [7, 11) is 0. The van der Waals surface area contributed by atoms with Gasteiger partial charge in [-0.3, -0.25) is 4.79 Å². The fourth-order valence-electron chi connectivity index (χ4n) is 2.42. The van der Waals surface area contributed by atoms with Crippen LogP contribution in [-0.4, -0.2) is 11.9 Å². The van der Waals surface area contributed by atoms with E-state index in [-0.39, 0.29) is 17.4 Å². The van der Waals surface area contributed by atoms with Crippen molar-refractivity contribution < 1.29 is 4.79 Å². The van der Waals surface area contributed by atoms with E-state index in [9.17, 15) is 4.79 Å². The van der Waals surface area contributed by atoms with Crippen molar-refractivity contribution in [2.24, 2.45) is 11.1 Å². The lowest BCUT2D eigenvalue weighted by Crippen LogP contribution is -2.47. The van der Waals surface area contributed by atoms with Crippen LogP contribution in [0.15, 0.2) is 12.1 Å². The van der Waals surface area contributed by atoms with E-state index in [0.29, 0.717) is 6.54 Å². The smallest absolute Gasteiger partial charge is 0.227 e. The van der Waals surface area contributed by atoms with Gasteiger partial charge in [-0.1, -0.05) is 6.42 Å². The number of nitrogens with two attached hydrogens (primary N) is 1. The van der Waals surface area contributed by atoms with Crippen molar-refractivity contribution in [2.45, 2.75) is 45.7 Å². The number of hydrogen-bond acceptors (Lipinski definition) is 3. The third kappa shape index (κ3) is 2.53. The third-order valence-electron chi connectivity index (χ3n) is 3.77. The molecular formula is C13H20N2OS. The molecule has 3 N–H and O–H groups in total. The first-order chi connectivity index (χ1) is 8.02. The minimum atomic E-state index is -0.369. The van der Waals surface area contributed by atoms with Gasteiger partial charge in [0.2, 0.25) is 5.91 Å². The van der Waals surface area contributed by atoms with Crippen molar-refractivity contribution in [3.63, 3.8) is 0 Å². The molecular weight excluding hydrogens is 232 g/mol. The normalized spacial score (nSPS) is 28.3. The predicted molar refractivity (Wildman–Crippen MR) is 70.8 cm³/mol. The van der Waals surface area contributed by atoms with E-state index in [4.69, 9.17) is 5.73 Å². The summed E-state index contributed by atoms with van der Waals surface area (Å²) in [5, 5.41) is 3.02. The molecule has 2 unspecified atom stereocenters. The molecule has 17 heavy (non-hydrogen) atoms. The van der Waals surface area contributed by atoms with Gasteiger partial charge in [0.15, 0.2) is 0 Å². The van der Waals surface area contributed by atoms with Crippen LogP contribution in [0.2, 0.25) is 0 Å². The van der Waals surface area contributed by atoms with Gasteiger partial charge in [-0.25, -0.2) is 0 Å². The van der Waals surface area contributed by atoms with Gasteiger partial charge >= 0.3 is 0 Å². The summed E-state index contributed by atoms with van der Waals surface area (Å²) < 4.78 is 0. The summed E-state index contributed by atoms with van der Waals surface area (Å²) in [6.45, 7) is 4.68. The lowest BCUT2D eigenvalue weighted by molar-refractivity contribution is -0.130. The highest BCUT2D eigenvalue weighted by Crippen LogP contribution is 2.36. The molecule has 1 aromatic heterocycles. The van der Waals surface area contributed by atoms with Crippen LogP contribution in [-0.2, 0) is 11.3 Å². The van der Waals surface area contributed by atoms with Gasteiger partial charge in [0, 0.05) is 15.8 Å². The van der Waals surface area contributed by atoms with E-state index in [2.05, 4.69) is 24.4 Å². The molecule has 1 fully saturated rings. The fraction of sp³-hybridized carbons (Fsp3) is 0.615. The van der Waals surface area contributed by atoms with Crippen LogP contribution in [0.25, 0.3) is 0 Å². The first-order valence-electron chi connectivity index (χ1n) is 6.11. The topological polar surface area (TPSA) is 55.1 Å². The minimum Gasteiger partial charge on any atom is -0.351 e. The van der Waals surface area contributed by atoms with E-state index in [0.717, 1.165) is 19.3 Å². The highest BCUT2D eigenvalue weighted by atomic mass is 32.1. The zero-order valence-electron chi connectivity index (χ0n) is 10.5. The molecule has 1 aromatic rings. The molecule has 0 bridgehead atoms. The Bertz CT molecular complexity index is 415. The molecule has 0 radical (unpaired) electrons. The summed E-state index contributed by atoms with van der Waals surface area (Å²) in [6.07, 6.45) is 2.93. The lowest BCUT2D eigenvalue weighted by Gasteiger charge is -2.27. The number of thiophene rings is 1. The molecule has 0 aromatic carbocycles. The predicted octanol–water partition coefficient (Wildman–Crippen LogP) is 2.19. The molecule has 1 heterocycles. The molecule has 2 rings (SSSR count). The molecule has 94 valence electrons. The van der Waals surface area contributed by atoms with Crippen LogP contribution in [0.3, 0.4) is 0 Å². The first kappa shape index (κ1) is 12.6. The molecule has 1 aliphatic carbocycles. The average molecular weight is 252 g/mol. The second-order valence-corrected chi connectivity index (χ2v) is 6.48. The number of amides is 1. The zero-order valence-corrected chi connectivity index (χ0v) is 11.3. The van der Waals surface area contributed by atoms with Crippen LogP contribution in [0.4, 0.5) is 0 Å². The van der Waals surface area contributed by atoms with Gasteiger partial charge in [-0.2, -0.15) is 0 Å². The molecule has 2 atom stereocenters. The summed E-state index contributed by atoms with van der Waals surface area (Å²) in [4.78, 5) is 14.6. The maximum Gasteiger partial charge on any atom is 0.227 e. The molecule has 0 spiro atoms. The Kier molecular flexibility index (Phi) is 3.54. The zero-order chi connectivity index (χ0) is 12.5. The molecule has 4 heteroatoms. The fourth-order valence-corrected chi connectivity index (χ4v) is 3.25. The van der Waals surface area contributed by atoms with E-state index in [1.54, 1.807) is 11.3 Å². The van der Waals surface area contributed by atoms with Crippen molar-refractivity contribution in [3.8, 4) is 0 Å². The second-order valence-electron chi connectivity index (χ2n) is 5.11.